The first-order chi connectivity index (χ1) is 9.79. The molecule has 4 heteroatoms. The summed E-state index contributed by atoms with van der Waals surface area (Å²) in [5, 5.41) is 12.6. The molecule has 0 aromatic heterocycles. The van der Waals surface area contributed by atoms with Crippen LogP contribution in [0.15, 0.2) is 30.3 Å². The number of nitrogens with one attached hydrogen (secondary N) is 1. The lowest BCUT2D eigenvalue weighted by Crippen LogP contribution is -2.36. The van der Waals surface area contributed by atoms with Crippen LogP contribution in [0.1, 0.15) is 24.8 Å². The number of amides is 1. The van der Waals surface area contributed by atoms with Crippen LogP contribution in [0, 0.1) is 17.2 Å². The van der Waals surface area contributed by atoms with E-state index in [-0.39, 0.29) is 5.91 Å². The second-order valence-corrected chi connectivity index (χ2v) is 6.51. The maximum atomic E-state index is 12.1. The molecule has 2 rings (SSSR count). The van der Waals surface area contributed by atoms with Crippen LogP contribution < -0.4 is 5.32 Å². The monoisotopic (exact) mass is 288 g/mol. The predicted molar refractivity (Wildman–Crippen MR) is 82.4 cm³/mol. The van der Waals surface area contributed by atoms with E-state index in [1.807, 2.05) is 42.1 Å². The van der Waals surface area contributed by atoms with Crippen molar-refractivity contribution >= 4 is 17.7 Å². The van der Waals surface area contributed by atoms with E-state index in [4.69, 9.17) is 0 Å². The van der Waals surface area contributed by atoms with Gasteiger partial charge in [-0.05, 0) is 30.6 Å². The molecular formula is C16H20N2OS. The van der Waals surface area contributed by atoms with Gasteiger partial charge in [-0.2, -0.15) is 17.0 Å². The van der Waals surface area contributed by atoms with Crippen LogP contribution in [0.2, 0.25) is 0 Å². The number of carbonyl (C=O) groups excluding carboxylic acids is 1. The van der Waals surface area contributed by atoms with Crippen molar-refractivity contribution in [3.8, 4) is 6.07 Å². The maximum Gasteiger partial charge on any atom is 0.237 e. The number of nitriles is 1. The van der Waals surface area contributed by atoms with Gasteiger partial charge in [-0.25, -0.2) is 0 Å². The van der Waals surface area contributed by atoms with Crippen LogP contribution in [0.5, 0.6) is 0 Å². The van der Waals surface area contributed by atoms with Crippen molar-refractivity contribution < 1.29 is 4.79 Å². The van der Waals surface area contributed by atoms with Gasteiger partial charge in [-0.1, -0.05) is 36.8 Å². The highest BCUT2D eigenvalue weighted by Crippen LogP contribution is 2.24. The molecule has 1 aliphatic heterocycles. The summed E-state index contributed by atoms with van der Waals surface area (Å²) < 4.78 is 0. The smallest absolute Gasteiger partial charge is 0.237 e. The summed E-state index contributed by atoms with van der Waals surface area (Å²) in [6.45, 7) is 0.691. The quantitative estimate of drug-likeness (QED) is 0.906. The Kier molecular flexibility index (Phi) is 5.94. The van der Waals surface area contributed by atoms with Gasteiger partial charge in [0.05, 0.1) is 6.07 Å². The lowest BCUT2D eigenvalue weighted by Gasteiger charge is -2.22. The minimum Gasteiger partial charge on any atom is -0.354 e. The van der Waals surface area contributed by atoms with Crippen molar-refractivity contribution in [2.75, 3.05) is 12.3 Å². The zero-order valence-electron chi connectivity index (χ0n) is 11.5. The third-order valence-electron chi connectivity index (χ3n) is 3.53. The highest BCUT2D eigenvalue weighted by atomic mass is 32.2. The van der Waals surface area contributed by atoms with E-state index in [1.54, 1.807) is 0 Å². The Bertz CT molecular complexity index is 463. The second kappa shape index (κ2) is 7.96. The molecule has 1 aromatic carbocycles. The van der Waals surface area contributed by atoms with Crippen LogP contribution in [-0.4, -0.2) is 23.5 Å². The van der Waals surface area contributed by atoms with Crippen LogP contribution in [0.4, 0.5) is 0 Å². The third kappa shape index (κ3) is 4.57. The van der Waals surface area contributed by atoms with Gasteiger partial charge in [-0.15, -0.1) is 0 Å². The summed E-state index contributed by atoms with van der Waals surface area (Å²) in [5.74, 6) is 0.459. The zero-order chi connectivity index (χ0) is 14.2. The van der Waals surface area contributed by atoms with Gasteiger partial charge in [0, 0.05) is 11.8 Å². The van der Waals surface area contributed by atoms with E-state index >= 15 is 0 Å². The van der Waals surface area contributed by atoms with Gasteiger partial charge >= 0.3 is 0 Å². The van der Waals surface area contributed by atoms with E-state index in [0.29, 0.717) is 18.2 Å². The molecule has 0 spiro atoms. The average Bonchev–Trinajstić information content (AvgIpc) is 2.52. The van der Waals surface area contributed by atoms with Crippen molar-refractivity contribution in [1.29, 1.82) is 5.26 Å². The van der Waals surface area contributed by atoms with Crippen LogP contribution in [0.3, 0.4) is 0 Å². The van der Waals surface area contributed by atoms with Gasteiger partial charge in [-0.3, -0.25) is 4.79 Å². The molecule has 0 bridgehead atoms. The zero-order valence-corrected chi connectivity index (χ0v) is 12.4. The van der Waals surface area contributed by atoms with E-state index in [9.17, 15) is 10.1 Å². The summed E-state index contributed by atoms with van der Waals surface area (Å²) in [6, 6.07) is 11.8. The maximum absolute atomic E-state index is 12.1. The summed E-state index contributed by atoms with van der Waals surface area (Å²) in [7, 11) is 0. The van der Waals surface area contributed by atoms with E-state index in [2.05, 4.69) is 11.4 Å². The first-order valence-electron chi connectivity index (χ1n) is 7.12. The molecule has 2 atom stereocenters. The molecule has 1 heterocycles. The van der Waals surface area contributed by atoms with Gasteiger partial charge in [0.15, 0.2) is 0 Å². The number of carbonyl (C=O) groups is 1. The average molecular weight is 288 g/mol. The normalized spacial score (nSPS) is 19.9. The molecule has 2 unspecified atom stereocenters. The van der Waals surface area contributed by atoms with Crippen molar-refractivity contribution in [3.63, 3.8) is 0 Å². The lowest BCUT2D eigenvalue weighted by atomic mass is 10.00. The van der Waals surface area contributed by atoms with E-state index < -0.39 is 5.92 Å². The van der Waals surface area contributed by atoms with Crippen molar-refractivity contribution in [2.24, 2.45) is 5.92 Å². The molecule has 106 valence electrons. The van der Waals surface area contributed by atoms with Crippen molar-refractivity contribution in [3.05, 3.63) is 35.9 Å². The molecule has 0 radical (unpaired) electrons. The molecule has 1 saturated heterocycles. The fourth-order valence-corrected chi connectivity index (χ4v) is 3.59. The summed E-state index contributed by atoms with van der Waals surface area (Å²) in [5.41, 5.74) is 1.03. The number of benzene rings is 1. The Morgan fingerprint density at radius 1 is 1.40 bits per heavy atom. The Morgan fingerprint density at radius 2 is 2.20 bits per heavy atom. The van der Waals surface area contributed by atoms with Crippen LogP contribution in [0.25, 0.3) is 0 Å². The van der Waals surface area contributed by atoms with Gasteiger partial charge < -0.3 is 5.32 Å². The number of nitrogens with zero attached hydrogens (tertiary/aromatic N) is 1. The van der Waals surface area contributed by atoms with Gasteiger partial charge in [0.25, 0.3) is 0 Å². The van der Waals surface area contributed by atoms with Gasteiger partial charge in [0.1, 0.15) is 5.92 Å². The van der Waals surface area contributed by atoms with E-state index in [0.717, 1.165) is 5.56 Å². The fourth-order valence-electron chi connectivity index (χ4n) is 2.35. The predicted octanol–water partition coefficient (Wildman–Crippen LogP) is 2.77. The van der Waals surface area contributed by atoms with Crippen LogP contribution in [-0.2, 0) is 11.2 Å². The van der Waals surface area contributed by atoms with Crippen LogP contribution >= 0.6 is 11.8 Å². The molecule has 1 fully saturated rings. The standard InChI is InChI=1S/C16H20N2OS/c17-11-14(10-13-6-2-1-3-7-13)16(19)18-12-15-8-4-5-9-20-15/h1-3,6-7,14-15H,4-5,8-10,12H2,(H,18,19). The Labute approximate surface area is 124 Å². The highest BCUT2D eigenvalue weighted by molar-refractivity contribution is 7.99. The topological polar surface area (TPSA) is 52.9 Å². The first kappa shape index (κ1) is 14.9. The highest BCUT2D eigenvalue weighted by Gasteiger charge is 2.20. The van der Waals surface area contributed by atoms with Crippen molar-refractivity contribution in [1.82, 2.24) is 5.32 Å². The fraction of sp³-hybridized carbons (Fsp3) is 0.500. The molecule has 1 aliphatic rings. The number of rotatable bonds is 5. The largest absolute Gasteiger partial charge is 0.354 e. The molecule has 0 saturated carbocycles. The second-order valence-electron chi connectivity index (χ2n) is 5.11. The number of thioether (sulfide) groups is 1. The number of hydrogen-bond acceptors (Lipinski definition) is 3. The Balaban J connectivity index is 1.81. The summed E-state index contributed by atoms with van der Waals surface area (Å²) in [6.07, 6.45) is 4.19. The Morgan fingerprint density at radius 3 is 2.85 bits per heavy atom. The SMILES string of the molecule is N#CC(Cc1ccccc1)C(=O)NCC1CCCCS1. The molecule has 1 N–H and O–H groups in total. The summed E-state index contributed by atoms with van der Waals surface area (Å²) >= 11 is 1.93. The van der Waals surface area contributed by atoms with Crippen molar-refractivity contribution in [2.45, 2.75) is 30.9 Å². The van der Waals surface area contributed by atoms with Gasteiger partial charge in [0.2, 0.25) is 5.91 Å². The molecule has 3 nitrogen and oxygen atoms in total. The summed E-state index contributed by atoms with van der Waals surface area (Å²) in [4.78, 5) is 12.1. The lowest BCUT2D eigenvalue weighted by molar-refractivity contribution is -0.123. The first-order valence-corrected chi connectivity index (χ1v) is 8.17. The minimum atomic E-state index is -0.592. The number of hydrogen-bond donors (Lipinski definition) is 1. The molecular weight excluding hydrogens is 268 g/mol. The molecule has 1 aromatic rings. The molecule has 0 aliphatic carbocycles. The third-order valence-corrected chi connectivity index (χ3v) is 4.93. The minimum absolute atomic E-state index is 0.137. The molecule has 1 amide bonds. The Hall–Kier alpha value is -1.47. The van der Waals surface area contributed by atoms with E-state index in [1.165, 1.54) is 25.0 Å². The molecule has 20 heavy (non-hydrogen) atoms.